The van der Waals surface area contributed by atoms with Crippen LogP contribution in [0.5, 0.6) is 0 Å². The molecule has 3 N–H and O–H groups in total. The van der Waals surface area contributed by atoms with Crippen molar-refractivity contribution in [1.82, 2.24) is 5.32 Å². The van der Waals surface area contributed by atoms with Crippen LogP contribution in [0.15, 0.2) is 4.99 Å². The Hall–Kier alpha value is -0.900. The van der Waals surface area contributed by atoms with E-state index in [1.807, 2.05) is 0 Å². The highest BCUT2D eigenvalue weighted by Gasteiger charge is 2.13. The van der Waals surface area contributed by atoms with Crippen molar-refractivity contribution in [3.05, 3.63) is 0 Å². The fourth-order valence-corrected chi connectivity index (χ4v) is 0.334. The van der Waals surface area contributed by atoms with Gasteiger partial charge in [0.25, 0.3) is 5.91 Å². The normalized spacial score (nSPS) is 28.1. The lowest BCUT2D eigenvalue weighted by Crippen LogP contribution is -2.31. The smallest absolute Gasteiger partial charge is 0.264 e. The Morgan fingerprint density at radius 3 is 2.86 bits per heavy atom. The van der Waals surface area contributed by atoms with Gasteiger partial charge in [0.1, 0.15) is 0 Å². The number of rotatable bonds is 0. The third-order valence-electron chi connectivity index (χ3n) is 0.711. The van der Waals surface area contributed by atoms with E-state index in [1.54, 1.807) is 0 Å². The molecule has 0 fully saturated rings. The van der Waals surface area contributed by atoms with Crippen molar-refractivity contribution in [3.8, 4) is 0 Å². The van der Waals surface area contributed by atoms with Gasteiger partial charge in [0.05, 0.1) is 6.34 Å². The number of carbonyl (C=O) groups is 1. The second-order valence-corrected chi connectivity index (χ2v) is 1.23. The Balaban J connectivity index is 2.62. The summed E-state index contributed by atoms with van der Waals surface area (Å²) in [6.45, 7) is 0. The number of hydrogen-bond donors (Lipinski definition) is 2. The minimum absolute atomic E-state index is 0.236. The highest BCUT2D eigenvalue weighted by molar-refractivity contribution is 5.95. The summed E-state index contributed by atoms with van der Waals surface area (Å²) in [5.41, 5.74) is 5.07. The third kappa shape index (κ3) is 0.592. The standard InChI is InChI=1S/C3H5N3O/c4-2-3(7)6-1-5-2/h1-2H,4H2,(H,5,6,7). The van der Waals surface area contributed by atoms with Crippen molar-refractivity contribution in [1.29, 1.82) is 0 Å². The van der Waals surface area contributed by atoms with Crippen LogP contribution in [-0.4, -0.2) is 18.4 Å². The first-order chi connectivity index (χ1) is 3.30. The fraction of sp³-hybridized carbons (Fsp3) is 0.333. The first-order valence-corrected chi connectivity index (χ1v) is 1.88. The quantitative estimate of drug-likeness (QED) is 0.385. The number of aliphatic imine (C=N–C) groups is 1. The summed E-state index contributed by atoms with van der Waals surface area (Å²) in [6.07, 6.45) is 0.632. The molecule has 0 spiro atoms. The van der Waals surface area contributed by atoms with Crippen LogP contribution < -0.4 is 11.1 Å². The van der Waals surface area contributed by atoms with E-state index in [1.165, 1.54) is 6.34 Å². The van der Waals surface area contributed by atoms with Crippen molar-refractivity contribution in [2.24, 2.45) is 10.7 Å². The minimum Gasteiger partial charge on any atom is -0.314 e. The largest absolute Gasteiger partial charge is 0.314 e. The lowest BCUT2D eigenvalue weighted by atomic mass is 10.5. The molecule has 0 saturated heterocycles. The zero-order valence-corrected chi connectivity index (χ0v) is 3.59. The maximum atomic E-state index is 10.2. The SMILES string of the molecule is NC1N=CNC1=O. The lowest BCUT2D eigenvalue weighted by Gasteiger charge is -1.89. The van der Waals surface area contributed by atoms with Crippen LogP contribution in [0.2, 0.25) is 0 Å². The summed E-state index contributed by atoms with van der Waals surface area (Å²) in [5, 5.41) is 2.31. The van der Waals surface area contributed by atoms with Crippen molar-refractivity contribution >= 4 is 12.2 Å². The second kappa shape index (κ2) is 1.31. The number of carbonyl (C=O) groups excluding carboxylic acids is 1. The molecule has 1 aliphatic heterocycles. The molecule has 1 unspecified atom stereocenters. The van der Waals surface area contributed by atoms with Gasteiger partial charge >= 0.3 is 0 Å². The van der Waals surface area contributed by atoms with Gasteiger partial charge in [0.2, 0.25) is 0 Å². The Morgan fingerprint density at radius 2 is 2.71 bits per heavy atom. The average molecular weight is 99.1 g/mol. The van der Waals surface area contributed by atoms with Crippen molar-refractivity contribution in [3.63, 3.8) is 0 Å². The van der Waals surface area contributed by atoms with Gasteiger partial charge in [-0.25, -0.2) is 4.99 Å². The maximum absolute atomic E-state index is 10.2. The van der Waals surface area contributed by atoms with Crippen LogP contribution >= 0.6 is 0 Å². The van der Waals surface area contributed by atoms with Crippen molar-refractivity contribution in [2.45, 2.75) is 6.17 Å². The first kappa shape index (κ1) is 4.26. The van der Waals surface area contributed by atoms with Gasteiger partial charge in [-0.15, -0.1) is 0 Å². The van der Waals surface area contributed by atoms with E-state index >= 15 is 0 Å². The summed E-state index contributed by atoms with van der Waals surface area (Å²) >= 11 is 0. The molecule has 7 heavy (non-hydrogen) atoms. The first-order valence-electron chi connectivity index (χ1n) is 1.88. The van der Waals surface area contributed by atoms with Crippen molar-refractivity contribution < 1.29 is 4.79 Å². The van der Waals surface area contributed by atoms with Gasteiger partial charge in [0.15, 0.2) is 6.17 Å². The number of nitrogens with two attached hydrogens (primary N) is 1. The van der Waals surface area contributed by atoms with Gasteiger partial charge in [0, 0.05) is 0 Å². The lowest BCUT2D eigenvalue weighted by molar-refractivity contribution is -0.119. The molecule has 0 aliphatic carbocycles. The molecule has 4 nitrogen and oxygen atoms in total. The summed E-state index contributed by atoms with van der Waals surface area (Å²) in [6, 6.07) is 0. The molecule has 0 aromatic heterocycles. The molecule has 0 bridgehead atoms. The molecule has 4 heteroatoms. The molecule has 1 aliphatic rings. The summed E-state index contributed by atoms with van der Waals surface area (Å²) in [4.78, 5) is 13.7. The number of amides is 1. The van der Waals surface area contributed by atoms with Crippen molar-refractivity contribution in [2.75, 3.05) is 0 Å². The number of nitrogens with zero attached hydrogens (tertiary/aromatic N) is 1. The highest BCUT2D eigenvalue weighted by Crippen LogP contribution is 1.83. The highest BCUT2D eigenvalue weighted by atomic mass is 16.2. The number of hydrogen-bond acceptors (Lipinski definition) is 3. The Bertz CT molecular complexity index is 119. The van der Waals surface area contributed by atoms with Crippen LogP contribution in [0.4, 0.5) is 0 Å². The molecule has 38 valence electrons. The molecule has 0 saturated carbocycles. The predicted octanol–water partition coefficient (Wildman–Crippen LogP) is -1.57. The number of nitrogens with one attached hydrogen (secondary N) is 1. The third-order valence-corrected chi connectivity index (χ3v) is 0.711. The zero-order chi connectivity index (χ0) is 5.28. The Labute approximate surface area is 40.4 Å². The average Bonchev–Trinajstić information content (AvgIpc) is 1.91. The van der Waals surface area contributed by atoms with Crippen LogP contribution in [-0.2, 0) is 4.79 Å². The summed E-state index contributed by atoms with van der Waals surface area (Å²) in [7, 11) is 0. The van der Waals surface area contributed by atoms with Gasteiger partial charge in [-0.1, -0.05) is 0 Å². The van der Waals surface area contributed by atoms with E-state index in [0.29, 0.717) is 0 Å². The molecular weight excluding hydrogens is 94.1 g/mol. The molecular formula is C3H5N3O. The molecule has 0 aromatic carbocycles. The molecule has 1 atom stereocenters. The van der Waals surface area contributed by atoms with E-state index in [-0.39, 0.29) is 5.91 Å². The Morgan fingerprint density at radius 1 is 2.00 bits per heavy atom. The zero-order valence-electron chi connectivity index (χ0n) is 3.59. The van der Waals surface area contributed by atoms with E-state index < -0.39 is 6.17 Å². The summed E-state index contributed by atoms with van der Waals surface area (Å²) in [5.74, 6) is -0.236. The molecule has 0 radical (unpaired) electrons. The molecule has 0 aromatic rings. The monoisotopic (exact) mass is 99.0 g/mol. The molecule has 1 rings (SSSR count). The van der Waals surface area contributed by atoms with Gasteiger partial charge in [-0.05, 0) is 0 Å². The van der Waals surface area contributed by atoms with Crippen LogP contribution in [0.1, 0.15) is 0 Å². The van der Waals surface area contributed by atoms with Gasteiger partial charge in [-0.2, -0.15) is 0 Å². The van der Waals surface area contributed by atoms with Crippen LogP contribution in [0.25, 0.3) is 0 Å². The Kier molecular flexibility index (Phi) is 0.796. The van der Waals surface area contributed by atoms with Gasteiger partial charge in [-0.3, -0.25) is 4.79 Å². The van der Waals surface area contributed by atoms with Gasteiger partial charge < -0.3 is 11.1 Å². The van der Waals surface area contributed by atoms with E-state index in [2.05, 4.69) is 10.3 Å². The topological polar surface area (TPSA) is 67.5 Å². The fourth-order valence-electron chi connectivity index (χ4n) is 0.334. The van der Waals surface area contributed by atoms with Crippen LogP contribution in [0.3, 0.4) is 0 Å². The van der Waals surface area contributed by atoms with E-state index in [9.17, 15) is 4.79 Å². The predicted molar refractivity (Wildman–Crippen MR) is 24.6 cm³/mol. The van der Waals surface area contributed by atoms with E-state index in [4.69, 9.17) is 5.73 Å². The van der Waals surface area contributed by atoms with E-state index in [0.717, 1.165) is 0 Å². The van der Waals surface area contributed by atoms with Crippen LogP contribution in [0, 0.1) is 0 Å². The molecule has 1 heterocycles. The second-order valence-electron chi connectivity index (χ2n) is 1.23. The minimum atomic E-state index is -0.667. The summed E-state index contributed by atoms with van der Waals surface area (Å²) < 4.78 is 0. The maximum Gasteiger partial charge on any atom is 0.264 e. The molecule has 1 amide bonds.